The van der Waals surface area contributed by atoms with Crippen LogP contribution in [-0.2, 0) is 9.59 Å². The minimum Gasteiger partial charge on any atom is -0.345 e. The van der Waals surface area contributed by atoms with Gasteiger partial charge in [-0.2, -0.15) is 5.26 Å². The van der Waals surface area contributed by atoms with E-state index in [-0.39, 0.29) is 12.6 Å². The van der Waals surface area contributed by atoms with E-state index in [2.05, 4.69) is 24.5 Å². The van der Waals surface area contributed by atoms with Gasteiger partial charge in [0.25, 0.3) is 0 Å². The smallest absolute Gasteiger partial charge is 0.310 e. The van der Waals surface area contributed by atoms with E-state index in [1.54, 1.807) is 6.07 Å². The fourth-order valence-corrected chi connectivity index (χ4v) is 2.31. The summed E-state index contributed by atoms with van der Waals surface area (Å²) in [6.07, 6.45) is 3.07. The van der Waals surface area contributed by atoms with Crippen molar-refractivity contribution in [3.63, 3.8) is 0 Å². The number of carbonyl (C=O) groups is 2. The van der Waals surface area contributed by atoms with Gasteiger partial charge in [-0.25, -0.2) is 0 Å². The fraction of sp³-hybridized carbons (Fsp3) is 0.750. The van der Waals surface area contributed by atoms with Crippen LogP contribution in [0.2, 0.25) is 0 Å². The zero-order valence-electron chi connectivity index (χ0n) is 10.3. The van der Waals surface area contributed by atoms with E-state index in [1.807, 2.05) is 0 Å². The van der Waals surface area contributed by atoms with E-state index in [1.165, 1.54) is 0 Å². The Balaban J connectivity index is 2.40. The first-order chi connectivity index (χ1) is 8.04. The van der Waals surface area contributed by atoms with Crippen molar-refractivity contribution in [2.24, 2.45) is 11.8 Å². The predicted molar refractivity (Wildman–Crippen MR) is 62.7 cm³/mol. The Labute approximate surface area is 102 Å². The number of hydrogen-bond acceptors (Lipinski definition) is 3. The largest absolute Gasteiger partial charge is 0.345 e. The van der Waals surface area contributed by atoms with Crippen molar-refractivity contribution in [3.8, 4) is 6.07 Å². The van der Waals surface area contributed by atoms with Crippen molar-refractivity contribution in [2.75, 3.05) is 6.54 Å². The van der Waals surface area contributed by atoms with Gasteiger partial charge in [0.05, 0.1) is 6.07 Å². The fourth-order valence-electron chi connectivity index (χ4n) is 2.31. The highest BCUT2D eigenvalue weighted by Gasteiger charge is 2.28. The summed E-state index contributed by atoms with van der Waals surface area (Å²) in [5, 5.41) is 13.3. The molecule has 3 unspecified atom stereocenters. The number of carbonyl (C=O) groups excluding carboxylic acids is 2. The van der Waals surface area contributed by atoms with Crippen molar-refractivity contribution in [1.82, 2.24) is 10.6 Å². The van der Waals surface area contributed by atoms with Crippen LogP contribution in [0.25, 0.3) is 0 Å². The second-order valence-electron chi connectivity index (χ2n) is 4.82. The quantitative estimate of drug-likeness (QED) is 0.544. The molecule has 0 aromatic carbocycles. The molecule has 94 valence electrons. The Hall–Kier alpha value is -1.57. The Morgan fingerprint density at radius 3 is 2.59 bits per heavy atom. The maximum atomic E-state index is 11.5. The Morgan fingerprint density at radius 1 is 1.29 bits per heavy atom. The summed E-state index contributed by atoms with van der Waals surface area (Å²) < 4.78 is 0. The van der Waals surface area contributed by atoms with Gasteiger partial charge < -0.3 is 10.6 Å². The van der Waals surface area contributed by atoms with Gasteiger partial charge in [0.2, 0.25) is 0 Å². The topological polar surface area (TPSA) is 82.0 Å². The standard InChI is InChI=1S/C12H19N3O2/c1-8-3-4-10(9(2)7-8)15-12(17)11(16)14-6-5-13/h8-10H,3-4,6-7H2,1-2H3,(H,14,16)(H,15,17). The van der Waals surface area contributed by atoms with Crippen LogP contribution in [0.15, 0.2) is 0 Å². The average molecular weight is 237 g/mol. The van der Waals surface area contributed by atoms with Crippen LogP contribution in [-0.4, -0.2) is 24.4 Å². The molecule has 1 saturated carbocycles. The van der Waals surface area contributed by atoms with Crippen LogP contribution in [0.3, 0.4) is 0 Å². The van der Waals surface area contributed by atoms with Gasteiger partial charge in [-0.05, 0) is 31.1 Å². The molecule has 1 fully saturated rings. The van der Waals surface area contributed by atoms with E-state index in [0.717, 1.165) is 19.3 Å². The van der Waals surface area contributed by atoms with Crippen LogP contribution in [0.1, 0.15) is 33.1 Å². The molecule has 2 N–H and O–H groups in total. The van der Waals surface area contributed by atoms with Crippen molar-refractivity contribution >= 4 is 11.8 Å². The van der Waals surface area contributed by atoms with Gasteiger partial charge in [0.15, 0.2) is 0 Å². The molecule has 0 aliphatic heterocycles. The van der Waals surface area contributed by atoms with E-state index in [4.69, 9.17) is 5.26 Å². The molecule has 1 aliphatic carbocycles. The van der Waals surface area contributed by atoms with E-state index in [9.17, 15) is 9.59 Å². The molecule has 0 saturated heterocycles. The summed E-state index contributed by atoms with van der Waals surface area (Å²) in [7, 11) is 0. The lowest BCUT2D eigenvalue weighted by Crippen LogP contribution is -2.48. The second-order valence-corrected chi connectivity index (χ2v) is 4.82. The van der Waals surface area contributed by atoms with Crippen LogP contribution >= 0.6 is 0 Å². The number of amides is 2. The van der Waals surface area contributed by atoms with Crippen LogP contribution < -0.4 is 10.6 Å². The molecule has 0 heterocycles. The first-order valence-electron chi connectivity index (χ1n) is 6.00. The molecule has 1 rings (SSSR count). The third-order valence-electron chi connectivity index (χ3n) is 3.28. The molecule has 2 amide bonds. The first kappa shape index (κ1) is 13.5. The summed E-state index contributed by atoms with van der Waals surface area (Å²) in [6.45, 7) is 4.16. The van der Waals surface area contributed by atoms with Crippen molar-refractivity contribution in [3.05, 3.63) is 0 Å². The maximum Gasteiger partial charge on any atom is 0.310 e. The second kappa shape index (κ2) is 6.24. The van der Waals surface area contributed by atoms with Crippen LogP contribution in [0.5, 0.6) is 0 Å². The Bertz CT molecular complexity index is 335. The number of nitrogens with one attached hydrogen (secondary N) is 2. The number of nitrogens with zero attached hydrogens (tertiary/aromatic N) is 1. The summed E-state index contributed by atoms with van der Waals surface area (Å²) in [6, 6.07) is 1.84. The van der Waals surface area contributed by atoms with Crippen molar-refractivity contribution in [1.29, 1.82) is 5.26 Å². The molecule has 0 spiro atoms. The summed E-state index contributed by atoms with van der Waals surface area (Å²) in [5.41, 5.74) is 0. The summed E-state index contributed by atoms with van der Waals surface area (Å²) >= 11 is 0. The van der Waals surface area contributed by atoms with Gasteiger partial charge in [0, 0.05) is 6.04 Å². The Morgan fingerprint density at radius 2 is 2.00 bits per heavy atom. The lowest BCUT2D eigenvalue weighted by Gasteiger charge is -2.32. The minimum atomic E-state index is -0.725. The predicted octanol–water partition coefficient (Wildman–Crippen LogP) is 0.567. The molecular formula is C12H19N3O2. The molecular weight excluding hydrogens is 218 g/mol. The minimum absolute atomic E-state index is 0.0755. The molecule has 0 aromatic rings. The molecule has 0 radical (unpaired) electrons. The molecule has 0 bridgehead atoms. The van der Waals surface area contributed by atoms with E-state index >= 15 is 0 Å². The molecule has 0 aromatic heterocycles. The van der Waals surface area contributed by atoms with Crippen molar-refractivity contribution < 1.29 is 9.59 Å². The van der Waals surface area contributed by atoms with Crippen LogP contribution in [0.4, 0.5) is 0 Å². The average Bonchev–Trinajstić information content (AvgIpc) is 2.29. The zero-order chi connectivity index (χ0) is 12.8. The van der Waals surface area contributed by atoms with E-state index in [0.29, 0.717) is 11.8 Å². The lowest BCUT2D eigenvalue weighted by atomic mass is 9.80. The molecule has 5 heteroatoms. The monoisotopic (exact) mass is 237 g/mol. The highest BCUT2D eigenvalue weighted by molar-refractivity contribution is 6.35. The van der Waals surface area contributed by atoms with Crippen LogP contribution in [0, 0.1) is 23.2 Å². The molecule has 1 aliphatic rings. The van der Waals surface area contributed by atoms with Gasteiger partial charge >= 0.3 is 11.8 Å². The van der Waals surface area contributed by atoms with Gasteiger partial charge in [-0.1, -0.05) is 13.8 Å². The normalized spacial score (nSPS) is 27.9. The van der Waals surface area contributed by atoms with Crippen molar-refractivity contribution in [2.45, 2.75) is 39.2 Å². The highest BCUT2D eigenvalue weighted by Crippen LogP contribution is 2.28. The summed E-state index contributed by atoms with van der Waals surface area (Å²) in [5.74, 6) is -0.277. The highest BCUT2D eigenvalue weighted by atomic mass is 16.2. The number of rotatable bonds is 2. The number of nitriles is 1. The molecule has 17 heavy (non-hydrogen) atoms. The Kier molecular flexibility index (Phi) is 4.95. The summed E-state index contributed by atoms with van der Waals surface area (Å²) in [4.78, 5) is 22.8. The molecule has 3 atom stereocenters. The van der Waals surface area contributed by atoms with Gasteiger partial charge in [-0.3, -0.25) is 9.59 Å². The first-order valence-corrected chi connectivity index (χ1v) is 6.00. The lowest BCUT2D eigenvalue weighted by molar-refractivity contribution is -0.139. The third kappa shape index (κ3) is 4.06. The van der Waals surface area contributed by atoms with Gasteiger partial charge in [0.1, 0.15) is 6.54 Å². The zero-order valence-corrected chi connectivity index (χ0v) is 10.3. The number of hydrogen-bond donors (Lipinski definition) is 2. The SMILES string of the molecule is CC1CCC(NC(=O)C(=O)NCC#N)C(C)C1. The van der Waals surface area contributed by atoms with E-state index < -0.39 is 11.8 Å². The third-order valence-corrected chi connectivity index (χ3v) is 3.28. The van der Waals surface area contributed by atoms with Gasteiger partial charge in [-0.15, -0.1) is 0 Å². The molecule has 5 nitrogen and oxygen atoms in total. The maximum absolute atomic E-state index is 11.5.